The minimum Gasteiger partial charge on any atom is -0.481 e. The largest absolute Gasteiger partial charge is 0.481 e. The van der Waals surface area contributed by atoms with Crippen molar-refractivity contribution in [2.75, 3.05) is 0 Å². The molecule has 4 aliphatic rings. The molecule has 0 aromatic heterocycles. The van der Waals surface area contributed by atoms with Crippen molar-refractivity contribution in [2.24, 2.45) is 34.5 Å². The topological polar surface area (TPSA) is 37.3 Å². The third kappa shape index (κ3) is 1.74. The van der Waals surface area contributed by atoms with Gasteiger partial charge in [0.25, 0.3) is 0 Å². The monoisotopic (exact) mass is 330 g/mol. The van der Waals surface area contributed by atoms with Gasteiger partial charge in [0, 0.05) is 5.02 Å². The summed E-state index contributed by atoms with van der Waals surface area (Å²) in [5.74, 6) is 2.34. The number of hydrogen-bond acceptors (Lipinski definition) is 1. The van der Waals surface area contributed by atoms with Crippen molar-refractivity contribution in [2.45, 2.75) is 44.9 Å². The van der Waals surface area contributed by atoms with Gasteiger partial charge in [-0.15, -0.1) is 0 Å². The first-order valence-corrected chi connectivity index (χ1v) is 9.36. The average Bonchev–Trinajstić information content (AvgIpc) is 2.89. The highest BCUT2D eigenvalue weighted by Crippen LogP contribution is 2.83. The summed E-state index contributed by atoms with van der Waals surface area (Å²) in [6.07, 6.45) is 7.88. The summed E-state index contributed by atoms with van der Waals surface area (Å²) in [4.78, 5) is 11.7. The van der Waals surface area contributed by atoms with E-state index in [1.54, 1.807) is 0 Å². The molecule has 3 bridgehead atoms. The number of aliphatic carboxylic acids is 1. The molecule has 0 amide bonds. The van der Waals surface area contributed by atoms with Crippen molar-refractivity contribution < 1.29 is 9.90 Å². The smallest absolute Gasteiger partial charge is 0.303 e. The Bertz CT molecular complexity index is 658. The van der Waals surface area contributed by atoms with E-state index in [-0.39, 0.29) is 5.41 Å². The van der Waals surface area contributed by atoms with Crippen LogP contribution in [-0.2, 0) is 11.2 Å². The zero-order chi connectivity index (χ0) is 15.8. The molecule has 0 aliphatic heterocycles. The zero-order valence-electron chi connectivity index (χ0n) is 13.3. The molecule has 1 aromatic carbocycles. The average molecular weight is 331 g/mol. The number of carboxylic acids is 1. The van der Waals surface area contributed by atoms with Gasteiger partial charge in [-0.05, 0) is 84.7 Å². The molecule has 122 valence electrons. The lowest BCUT2D eigenvalue weighted by Gasteiger charge is -2.65. The van der Waals surface area contributed by atoms with Crippen LogP contribution >= 0.6 is 11.6 Å². The standard InChI is InChI=1S/C20H23ClO2/c21-15-4-2-1-3-14(15)10-20(11-18(22)23)16-6-12-5-13-7-17(20)19(16,8-12)9-13/h1-4,12-13,16-17H,5-11H2,(H,22,23). The summed E-state index contributed by atoms with van der Waals surface area (Å²) in [6.45, 7) is 0. The Kier molecular flexibility index (Phi) is 2.83. The summed E-state index contributed by atoms with van der Waals surface area (Å²) in [5, 5.41) is 10.4. The van der Waals surface area contributed by atoms with Gasteiger partial charge in [0.15, 0.2) is 0 Å². The number of hydrogen-bond donors (Lipinski definition) is 1. The summed E-state index contributed by atoms with van der Waals surface area (Å²) in [6, 6.07) is 8.03. The summed E-state index contributed by atoms with van der Waals surface area (Å²) < 4.78 is 0. The molecule has 4 fully saturated rings. The third-order valence-electron chi connectivity index (χ3n) is 7.88. The molecular formula is C20H23ClO2. The Balaban J connectivity index is 1.56. The van der Waals surface area contributed by atoms with Crippen LogP contribution in [0.2, 0.25) is 5.02 Å². The fourth-order valence-electron chi connectivity index (χ4n) is 7.70. The van der Waals surface area contributed by atoms with Crippen LogP contribution in [0.5, 0.6) is 0 Å². The van der Waals surface area contributed by atoms with Gasteiger partial charge < -0.3 is 5.11 Å². The van der Waals surface area contributed by atoms with Crippen molar-refractivity contribution in [1.82, 2.24) is 0 Å². The van der Waals surface area contributed by atoms with Crippen LogP contribution < -0.4 is 0 Å². The van der Waals surface area contributed by atoms with Crippen molar-refractivity contribution >= 4 is 17.6 Å². The number of carbonyl (C=O) groups is 1. The predicted octanol–water partition coefficient (Wildman–Crippen LogP) is 4.80. The number of rotatable bonds is 4. The summed E-state index contributed by atoms with van der Waals surface area (Å²) in [7, 11) is 0. The van der Waals surface area contributed by atoms with E-state index in [9.17, 15) is 9.90 Å². The van der Waals surface area contributed by atoms with Gasteiger partial charge >= 0.3 is 5.97 Å². The van der Waals surface area contributed by atoms with E-state index in [0.717, 1.165) is 28.8 Å². The van der Waals surface area contributed by atoms with Crippen LogP contribution in [0, 0.1) is 34.5 Å². The molecule has 4 unspecified atom stereocenters. The number of benzene rings is 1. The fourth-order valence-corrected chi connectivity index (χ4v) is 7.90. The second kappa shape index (κ2) is 4.53. The zero-order valence-corrected chi connectivity index (χ0v) is 14.1. The van der Waals surface area contributed by atoms with E-state index >= 15 is 0 Å². The lowest BCUT2D eigenvalue weighted by atomic mass is 9.39. The Morgan fingerprint density at radius 1 is 1.13 bits per heavy atom. The molecule has 0 saturated heterocycles. The SMILES string of the molecule is O=C(O)CC1(Cc2ccccc2Cl)C2CC3CC4CC1C2(C3)C4. The van der Waals surface area contributed by atoms with E-state index < -0.39 is 5.97 Å². The Morgan fingerprint density at radius 2 is 1.78 bits per heavy atom. The van der Waals surface area contributed by atoms with Crippen molar-refractivity contribution in [3.8, 4) is 0 Å². The summed E-state index contributed by atoms with van der Waals surface area (Å²) in [5.41, 5.74) is 1.61. The maximum Gasteiger partial charge on any atom is 0.303 e. The molecule has 4 saturated carbocycles. The van der Waals surface area contributed by atoms with E-state index in [0.29, 0.717) is 23.7 Å². The quantitative estimate of drug-likeness (QED) is 0.861. The number of carboxylic acid groups (broad SMARTS) is 1. The molecule has 0 heterocycles. The molecule has 23 heavy (non-hydrogen) atoms. The van der Waals surface area contributed by atoms with Crippen molar-refractivity contribution in [1.29, 1.82) is 0 Å². The van der Waals surface area contributed by atoms with E-state index in [1.807, 2.05) is 18.2 Å². The molecular weight excluding hydrogens is 308 g/mol. The molecule has 1 aromatic rings. The molecule has 1 spiro atoms. The molecule has 5 rings (SSSR count). The van der Waals surface area contributed by atoms with Crippen LogP contribution in [0.1, 0.15) is 44.1 Å². The molecule has 0 radical (unpaired) electrons. The highest BCUT2D eigenvalue weighted by molar-refractivity contribution is 6.31. The second-order valence-electron chi connectivity index (χ2n) is 8.76. The van der Waals surface area contributed by atoms with Gasteiger partial charge in [0.2, 0.25) is 0 Å². The van der Waals surface area contributed by atoms with Gasteiger partial charge in [-0.25, -0.2) is 0 Å². The van der Waals surface area contributed by atoms with E-state index in [4.69, 9.17) is 11.6 Å². The highest BCUT2D eigenvalue weighted by Gasteiger charge is 2.77. The van der Waals surface area contributed by atoms with Crippen molar-refractivity contribution in [3.05, 3.63) is 34.9 Å². The molecule has 1 N–H and O–H groups in total. The third-order valence-corrected chi connectivity index (χ3v) is 8.24. The Hall–Kier alpha value is -1.02. The fraction of sp³-hybridized carbons (Fsp3) is 0.650. The molecule has 2 nitrogen and oxygen atoms in total. The maximum absolute atomic E-state index is 11.7. The van der Waals surface area contributed by atoms with Gasteiger partial charge in [-0.3, -0.25) is 4.79 Å². The van der Waals surface area contributed by atoms with Gasteiger partial charge in [-0.1, -0.05) is 29.8 Å². The van der Waals surface area contributed by atoms with E-state index in [1.165, 1.54) is 32.1 Å². The lowest BCUT2D eigenvalue weighted by Crippen LogP contribution is -2.61. The first-order chi connectivity index (χ1) is 11.0. The summed E-state index contributed by atoms with van der Waals surface area (Å²) >= 11 is 6.42. The molecule has 4 aliphatic carbocycles. The minimum atomic E-state index is -0.627. The van der Waals surface area contributed by atoms with Crippen LogP contribution in [0.25, 0.3) is 0 Å². The maximum atomic E-state index is 11.7. The second-order valence-corrected chi connectivity index (χ2v) is 9.16. The van der Waals surface area contributed by atoms with Crippen molar-refractivity contribution in [3.63, 3.8) is 0 Å². The molecule has 3 heteroatoms. The molecule has 4 atom stereocenters. The van der Waals surface area contributed by atoms with Crippen LogP contribution in [0.15, 0.2) is 24.3 Å². The van der Waals surface area contributed by atoms with E-state index in [2.05, 4.69) is 6.07 Å². The predicted molar refractivity (Wildman–Crippen MR) is 89.3 cm³/mol. The highest BCUT2D eigenvalue weighted by atomic mass is 35.5. The van der Waals surface area contributed by atoms with Crippen LogP contribution in [-0.4, -0.2) is 11.1 Å². The Labute approximate surface area is 142 Å². The lowest BCUT2D eigenvalue weighted by molar-refractivity contribution is -0.183. The normalized spacial score (nSPS) is 45.8. The van der Waals surface area contributed by atoms with Gasteiger partial charge in [0.05, 0.1) is 6.42 Å². The number of fused-ring (bicyclic) bond motifs is 2. The van der Waals surface area contributed by atoms with Crippen LogP contribution in [0.4, 0.5) is 0 Å². The minimum absolute atomic E-state index is 0.0409. The van der Waals surface area contributed by atoms with Gasteiger partial charge in [-0.2, -0.15) is 0 Å². The first-order valence-electron chi connectivity index (χ1n) is 8.99. The number of halogens is 1. The van der Waals surface area contributed by atoms with Crippen LogP contribution in [0.3, 0.4) is 0 Å². The first kappa shape index (κ1) is 14.3. The Morgan fingerprint density at radius 3 is 2.39 bits per heavy atom. The van der Waals surface area contributed by atoms with Gasteiger partial charge in [0.1, 0.15) is 0 Å².